The molecule has 0 atom stereocenters. The summed E-state index contributed by atoms with van der Waals surface area (Å²) in [5.74, 6) is 0.00410. The Kier molecular flexibility index (Phi) is 22.9. The third-order valence-electron chi connectivity index (χ3n) is 5.03. The van der Waals surface area contributed by atoms with Crippen molar-refractivity contribution in [3.8, 4) is 0 Å². The number of unbranched alkanes of at least 4 members (excludes halogenated alkanes) is 16. The lowest BCUT2D eigenvalue weighted by molar-refractivity contribution is -0.143. The first kappa shape index (κ1) is 26.0. The summed E-state index contributed by atoms with van der Waals surface area (Å²) in [6, 6.07) is 0. The van der Waals surface area contributed by atoms with Crippen molar-refractivity contribution in [3.05, 3.63) is 0 Å². The summed E-state index contributed by atoms with van der Waals surface area (Å²) in [6.07, 6.45) is 24.0. The van der Waals surface area contributed by atoms with Crippen molar-refractivity contribution in [2.45, 2.75) is 129 Å². The van der Waals surface area contributed by atoms with Crippen LogP contribution in [0.25, 0.3) is 0 Å². The van der Waals surface area contributed by atoms with Crippen molar-refractivity contribution in [1.29, 1.82) is 0 Å². The Hall–Kier alpha value is -0.0500. The maximum atomic E-state index is 11.6. The number of carbonyl (C=O) groups is 1. The van der Waals surface area contributed by atoms with Crippen LogP contribution in [0.4, 0.5) is 0 Å². The molecule has 0 N–H and O–H groups in total. The van der Waals surface area contributed by atoms with Crippen molar-refractivity contribution in [2.75, 3.05) is 11.9 Å². The van der Waals surface area contributed by atoms with Crippen LogP contribution in [0, 0.1) is 0 Å². The van der Waals surface area contributed by atoms with Crippen molar-refractivity contribution >= 4 is 21.9 Å². The first-order valence-electron chi connectivity index (χ1n) is 11.5. The van der Waals surface area contributed by atoms with E-state index in [0.717, 1.165) is 24.6 Å². The van der Waals surface area contributed by atoms with E-state index in [9.17, 15) is 4.79 Å². The highest BCUT2D eigenvalue weighted by Gasteiger charge is 2.02. The average Bonchev–Trinajstić information content (AvgIpc) is 2.65. The quantitative estimate of drug-likeness (QED) is 0.103. The zero-order chi connectivity index (χ0) is 19.1. The second kappa shape index (κ2) is 23.0. The van der Waals surface area contributed by atoms with Gasteiger partial charge < -0.3 is 4.74 Å². The van der Waals surface area contributed by atoms with Gasteiger partial charge >= 0.3 is 5.97 Å². The van der Waals surface area contributed by atoms with E-state index < -0.39 is 0 Å². The Balaban J connectivity index is 3.11. The molecule has 0 aromatic rings. The molecule has 0 aromatic carbocycles. The Bertz CT molecular complexity index is 281. The van der Waals surface area contributed by atoms with Crippen LogP contribution >= 0.6 is 15.9 Å². The summed E-state index contributed by atoms with van der Waals surface area (Å²) < 4.78 is 5.32. The van der Waals surface area contributed by atoms with Gasteiger partial charge in [-0.05, 0) is 19.3 Å². The lowest BCUT2D eigenvalue weighted by Gasteiger charge is -2.05. The van der Waals surface area contributed by atoms with Crippen molar-refractivity contribution in [3.63, 3.8) is 0 Å². The molecular weight excluding hydrogens is 388 g/mol. The zero-order valence-electron chi connectivity index (χ0n) is 17.5. The van der Waals surface area contributed by atoms with E-state index in [0.29, 0.717) is 13.0 Å². The number of ether oxygens (including phenoxy) is 1. The van der Waals surface area contributed by atoms with E-state index in [-0.39, 0.29) is 5.97 Å². The molecule has 0 bridgehead atoms. The Morgan fingerprint density at radius 2 is 1.04 bits per heavy atom. The van der Waals surface area contributed by atoms with Gasteiger partial charge in [-0.25, -0.2) is 0 Å². The average molecular weight is 434 g/mol. The minimum Gasteiger partial charge on any atom is -0.466 e. The monoisotopic (exact) mass is 432 g/mol. The van der Waals surface area contributed by atoms with E-state index in [1.807, 2.05) is 0 Å². The summed E-state index contributed by atoms with van der Waals surface area (Å²) in [6.45, 7) is 2.90. The third kappa shape index (κ3) is 22.0. The van der Waals surface area contributed by atoms with Gasteiger partial charge in [-0.15, -0.1) is 0 Å². The first-order chi connectivity index (χ1) is 12.8. The molecule has 0 aromatic heterocycles. The van der Waals surface area contributed by atoms with Gasteiger partial charge in [0.2, 0.25) is 0 Å². The summed E-state index contributed by atoms with van der Waals surface area (Å²) in [5, 5.41) is 1.09. The summed E-state index contributed by atoms with van der Waals surface area (Å²) in [5.41, 5.74) is 0. The fourth-order valence-electron chi connectivity index (χ4n) is 3.27. The molecule has 0 aliphatic heterocycles. The number of halogens is 1. The van der Waals surface area contributed by atoms with E-state index in [4.69, 9.17) is 4.74 Å². The Morgan fingerprint density at radius 3 is 1.54 bits per heavy atom. The topological polar surface area (TPSA) is 26.3 Å². The second-order valence-electron chi connectivity index (χ2n) is 7.67. The standard InChI is InChI=1S/C23H45BrO2/c1-2-3-4-5-6-7-8-9-10-11-12-16-19-22-26-23(25)20-17-14-13-15-18-21-24/h2-22H2,1H3. The fraction of sp³-hybridized carbons (Fsp3) is 0.957. The molecule has 2 nitrogen and oxygen atoms in total. The van der Waals surface area contributed by atoms with E-state index in [1.54, 1.807) is 0 Å². The molecule has 0 spiro atoms. The molecule has 3 heteroatoms. The van der Waals surface area contributed by atoms with Gasteiger partial charge in [-0.1, -0.05) is 119 Å². The molecule has 0 fully saturated rings. The van der Waals surface area contributed by atoms with E-state index in [2.05, 4.69) is 22.9 Å². The molecule has 0 saturated heterocycles. The molecule has 0 aliphatic rings. The molecule has 0 unspecified atom stereocenters. The highest BCUT2D eigenvalue weighted by atomic mass is 79.9. The third-order valence-corrected chi connectivity index (χ3v) is 5.59. The van der Waals surface area contributed by atoms with Crippen LogP contribution in [0.3, 0.4) is 0 Å². The summed E-state index contributed by atoms with van der Waals surface area (Å²) in [7, 11) is 0. The van der Waals surface area contributed by atoms with Crippen molar-refractivity contribution in [2.24, 2.45) is 0 Å². The van der Waals surface area contributed by atoms with Crippen LogP contribution in [-0.4, -0.2) is 17.9 Å². The van der Waals surface area contributed by atoms with Crippen molar-refractivity contribution < 1.29 is 9.53 Å². The largest absolute Gasteiger partial charge is 0.466 e. The molecular formula is C23H45BrO2. The van der Waals surface area contributed by atoms with Crippen LogP contribution < -0.4 is 0 Å². The smallest absolute Gasteiger partial charge is 0.305 e. The highest BCUT2D eigenvalue weighted by Crippen LogP contribution is 2.12. The lowest BCUT2D eigenvalue weighted by Crippen LogP contribution is -2.05. The molecule has 0 radical (unpaired) electrons. The normalized spacial score (nSPS) is 11.0. The van der Waals surface area contributed by atoms with Crippen LogP contribution in [-0.2, 0) is 9.53 Å². The highest BCUT2D eigenvalue weighted by molar-refractivity contribution is 9.09. The number of rotatable bonds is 21. The summed E-state index contributed by atoms with van der Waals surface area (Å²) in [4.78, 5) is 11.6. The number of alkyl halides is 1. The Labute approximate surface area is 172 Å². The minimum atomic E-state index is 0.00410. The molecule has 0 heterocycles. The van der Waals surface area contributed by atoms with Gasteiger partial charge in [-0.2, -0.15) is 0 Å². The van der Waals surface area contributed by atoms with Gasteiger partial charge in [0.25, 0.3) is 0 Å². The summed E-state index contributed by atoms with van der Waals surface area (Å²) >= 11 is 3.44. The van der Waals surface area contributed by atoms with Gasteiger partial charge in [0, 0.05) is 11.8 Å². The van der Waals surface area contributed by atoms with E-state index >= 15 is 0 Å². The first-order valence-corrected chi connectivity index (χ1v) is 12.6. The van der Waals surface area contributed by atoms with Gasteiger partial charge in [0.05, 0.1) is 6.61 Å². The molecule has 0 amide bonds. The van der Waals surface area contributed by atoms with Crippen LogP contribution in [0.15, 0.2) is 0 Å². The second-order valence-corrected chi connectivity index (χ2v) is 8.46. The fourth-order valence-corrected chi connectivity index (χ4v) is 3.67. The van der Waals surface area contributed by atoms with Crippen molar-refractivity contribution in [1.82, 2.24) is 0 Å². The number of hydrogen-bond acceptors (Lipinski definition) is 2. The van der Waals surface area contributed by atoms with Crippen LogP contribution in [0.2, 0.25) is 0 Å². The lowest BCUT2D eigenvalue weighted by atomic mass is 10.0. The number of esters is 1. The van der Waals surface area contributed by atoms with Gasteiger partial charge in [0.1, 0.15) is 0 Å². The minimum absolute atomic E-state index is 0.00410. The van der Waals surface area contributed by atoms with Crippen LogP contribution in [0.5, 0.6) is 0 Å². The maximum absolute atomic E-state index is 11.6. The Morgan fingerprint density at radius 1 is 0.615 bits per heavy atom. The van der Waals surface area contributed by atoms with Gasteiger partial charge in [-0.3, -0.25) is 4.79 Å². The zero-order valence-corrected chi connectivity index (χ0v) is 19.1. The molecule has 0 aliphatic carbocycles. The van der Waals surface area contributed by atoms with Crippen LogP contribution in [0.1, 0.15) is 129 Å². The SMILES string of the molecule is CCCCCCCCCCCCCCCOC(=O)CCCCCCCBr. The molecule has 0 saturated carbocycles. The number of hydrogen-bond donors (Lipinski definition) is 0. The molecule has 156 valence electrons. The van der Waals surface area contributed by atoms with Gasteiger partial charge in [0.15, 0.2) is 0 Å². The predicted octanol–water partition coefficient (Wildman–Crippen LogP) is 8.36. The van der Waals surface area contributed by atoms with E-state index in [1.165, 1.54) is 96.3 Å². The predicted molar refractivity (Wildman–Crippen MR) is 118 cm³/mol. The molecule has 0 rings (SSSR count). The number of carbonyl (C=O) groups excluding carboxylic acids is 1. The molecule has 26 heavy (non-hydrogen) atoms. The maximum Gasteiger partial charge on any atom is 0.305 e.